The van der Waals surface area contributed by atoms with Crippen LogP contribution in [-0.2, 0) is 27.3 Å². The van der Waals surface area contributed by atoms with Gasteiger partial charge >= 0.3 is 5.97 Å². The third kappa shape index (κ3) is 3.98. The van der Waals surface area contributed by atoms with Crippen LogP contribution in [0.25, 0.3) is 10.8 Å². The number of hydrogen-bond donors (Lipinski definition) is 2. The summed E-state index contributed by atoms with van der Waals surface area (Å²) >= 11 is 1.28. The third-order valence-corrected chi connectivity index (χ3v) is 8.54. The predicted octanol–water partition coefficient (Wildman–Crippen LogP) is 3.72. The summed E-state index contributed by atoms with van der Waals surface area (Å²) in [5.74, 6) is -4.44. The van der Waals surface area contributed by atoms with Gasteiger partial charge in [0.05, 0.1) is 29.3 Å². The van der Waals surface area contributed by atoms with Crippen LogP contribution in [0.4, 0.5) is 5.69 Å². The van der Waals surface area contributed by atoms with Crippen molar-refractivity contribution >= 4 is 45.6 Å². The van der Waals surface area contributed by atoms with Gasteiger partial charge in [-0.15, -0.1) is 11.3 Å². The average molecular weight is 543 g/mol. The molecule has 1 aromatic heterocycles. The van der Waals surface area contributed by atoms with Crippen LogP contribution in [0.2, 0.25) is 0 Å². The van der Waals surface area contributed by atoms with Gasteiger partial charge in [-0.1, -0.05) is 54.6 Å². The number of nitrogens with one attached hydrogen (secondary N) is 1. The lowest BCUT2D eigenvalue weighted by atomic mass is 9.76. The van der Waals surface area contributed by atoms with Gasteiger partial charge in [-0.3, -0.25) is 34.7 Å². The molecule has 0 spiro atoms. The molecule has 6 rings (SSSR count). The van der Waals surface area contributed by atoms with E-state index in [9.17, 15) is 29.6 Å². The summed E-state index contributed by atoms with van der Waals surface area (Å²) in [4.78, 5) is 57.0. The number of carbonyl (C=O) groups excluding carboxylic acids is 2. The smallest absolute Gasteiger partial charge is 0.325 e. The fourth-order valence-electron chi connectivity index (χ4n) is 5.91. The van der Waals surface area contributed by atoms with Gasteiger partial charge in [-0.05, 0) is 21.9 Å². The van der Waals surface area contributed by atoms with E-state index in [0.717, 1.165) is 16.3 Å². The SMILES string of the molecule is O=C1C2C(c3nccs3)NC(Cc3ccc([N+](=O)[O-])cc3)(C(=O)O)C2C(=O)N1Cc1cccc2ccccc12. The van der Waals surface area contributed by atoms with Crippen LogP contribution in [0.3, 0.4) is 0 Å². The number of rotatable bonds is 7. The van der Waals surface area contributed by atoms with E-state index in [4.69, 9.17) is 0 Å². The molecule has 10 nitrogen and oxygen atoms in total. The van der Waals surface area contributed by atoms with Gasteiger partial charge in [0, 0.05) is 30.1 Å². The lowest BCUT2D eigenvalue weighted by molar-refractivity contribution is -0.384. The normalized spacial score (nSPS) is 24.3. The Hall–Kier alpha value is -4.48. The highest BCUT2D eigenvalue weighted by Gasteiger charge is 2.68. The van der Waals surface area contributed by atoms with Gasteiger partial charge in [0.1, 0.15) is 10.5 Å². The molecule has 2 N–H and O–H groups in total. The number of imide groups is 1. The van der Waals surface area contributed by atoms with Crippen LogP contribution < -0.4 is 5.32 Å². The molecule has 0 saturated carbocycles. The Morgan fingerprint density at radius 3 is 2.51 bits per heavy atom. The molecule has 3 heterocycles. The highest BCUT2D eigenvalue weighted by atomic mass is 32.1. The number of nitro benzene ring substituents is 1. The van der Waals surface area contributed by atoms with Crippen molar-refractivity contribution in [2.24, 2.45) is 11.8 Å². The van der Waals surface area contributed by atoms with Crippen molar-refractivity contribution in [1.82, 2.24) is 15.2 Å². The minimum absolute atomic E-state index is 0.0177. The van der Waals surface area contributed by atoms with Crippen molar-refractivity contribution in [3.63, 3.8) is 0 Å². The van der Waals surface area contributed by atoms with Gasteiger partial charge < -0.3 is 5.11 Å². The van der Waals surface area contributed by atoms with Crippen molar-refractivity contribution in [3.8, 4) is 0 Å². The second-order valence-electron chi connectivity index (χ2n) is 9.77. The molecular formula is C28H22N4O6S. The number of aliphatic carboxylic acids is 1. The molecular weight excluding hydrogens is 520 g/mol. The molecule has 2 aliphatic rings. The molecule has 2 fully saturated rings. The summed E-state index contributed by atoms with van der Waals surface area (Å²) in [6, 6.07) is 18.1. The van der Waals surface area contributed by atoms with Gasteiger partial charge in [0.15, 0.2) is 0 Å². The van der Waals surface area contributed by atoms with Crippen molar-refractivity contribution in [3.05, 3.63) is 105 Å². The van der Waals surface area contributed by atoms with Crippen molar-refractivity contribution in [2.75, 3.05) is 0 Å². The molecule has 196 valence electrons. The molecule has 11 heteroatoms. The summed E-state index contributed by atoms with van der Waals surface area (Å²) < 4.78 is 0. The number of non-ortho nitro benzene ring substituents is 1. The largest absolute Gasteiger partial charge is 0.480 e. The van der Waals surface area contributed by atoms with E-state index in [-0.39, 0.29) is 18.7 Å². The maximum Gasteiger partial charge on any atom is 0.325 e. The van der Waals surface area contributed by atoms with Crippen LogP contribution in [0.5, 0.6) is 0 Å². The average Bonchev–Trinajstić information content (AvgIpc) is 3.64. The lowest BCUT2D eigenvalue weighted by Crippen LogP contribution is -2.57. The Labute approximate surface area is 226 Å². The first kappa shape index (κ1) is 24.8. The Morgan fingerprint density at radius 1 is 1.08 bits per heavy atom. The van der Waals surface area contributed by atoms with Crippen molar-refractivity contribution in [1.29, 1.82) is 0 Å². The first-order chi connectivity index (χ1) is 18.8. The van der Waals surface area contributed by atoms with Gasteiger partial charge in [0.2, 0.25) is 11.8 Å². The van der Waals surface area contributed by atoms with E-state index in [1.807, 2.05) is 42.5 Å². The zero-order chi connectivity index (χ0) is 27.3. The molecule has 4 atom stereocenters. The number of carboxylic acids is 1. The number of likely N-dealkylation sites (tertiary alicyclic amines) is 1. The predicted molar refractivity (Wildman–Crippen MR) is 142 cm³/mol. The van der Waals surface area contributed by atoms with E-state index < -0.39 is 46.1 Å². The zero-order valence-electron chi connectivity index (χ0n) is 20.4. The minimum atomic E-state index is -1.82. The number of thiazole rings is 1. The maximum absolute atomic E-state index is 14.0. The number of aromatic nitrogens is 1. The number of nitro groups is 1. The lowest BCUT2D eigenvalue weighted by Gasteiger charge is -2.31. The standard InChI is InChI=1S/C28H22N4O6S/c33-25-21-22(26(34)31(25)15-18-6-3-5-17-4-1-2-7-20(17)18)28(27(35)36,30-23(21)24-29-12-13-39-24)14-16-8-10-19(11-9-16)32(37)38/h1-13,21-23,30H,14-15H2,(H,35,36). The third-order valence-electron chi connectivity index (χ3n) is 7.68. The highest BCUT2D eigenvalue weighted by Crippen LogP contribution is 2.50. The topological polar surface area (TPSA) is 143 Å². The first-order valence-corrected chi connectivity index (χ1v) is 13.1. The Kier molecular flexibility index (Phi) is 5.96. The Morgan fingerprint density at radius 2 is 1.82 bits per heavy atom. The summed E-state index contributed by atoms with van der Waals surface area (Å²) in [6.07, 6.45) is 1.42. The van der Waals surface area contributed by atoms with Gasteiger partial charge in [-0.25, -0.2) is 4.98 Å². The minimum Gasteiger partial charge on any atom is -0.480 e. The molecule has 4 unspecified atom stereocenters. The molecule has 0 aliphatic carbocycles. The number of benzene rings is 3. The van der Waals surface area contributed by atoms with Crippen LogP contribution in [0, 0.1) is 22.0 Å². The molecule has 39 heavy (non-hydrogen) atoms. The van der Waals surface area contributed by atoms with Crippen molar-refractivity contribution < 1.29 is 24.4 Å². The summed E-state index contributed by atoms with van der Waals surface area (Å²) in [5.41, 5.74) is -0.682. The number of carboxylic acid groups (broad SMARTS) is 1. The second kappa shape index (κ2) is 9.37. The highest BCUT2D eigenvalue weighted by molar-refractivity contribution is 7.09. The fraction of sp³-hybridized carbons (Fsp3) is 0.214. The van der Waals surface area contributed by atoms with Crippen LogP contribution in [0.1, 0.15) is 22.2 Å². The van der Waals surface area contributed by atoms with Crippen LogP contribution >= 0.6 is 11.3 Å². The molecule has 0 radical (unpaired) electrons. The van der Waals surface area contributed by atoms with Crippen LogP contribution in [-0.4, -0.2) is 43.2 Å². The molecule has 2 aliphatic heterocycles. The zero-order valence-corrected chi connectivity index (χ0v) is 21.2. The van der Waals surface area contributed by atoms with E-state index in [2.05, 4.69) is 10.3 Å². The first-order valence-electron chi connectivity index (χ1n) is 12.3. The Balaban J connectivity index is 1.42. The maximum atomic E-state index is 14.0. The summed E-state index contributed by atoms with van der Waals surface area (Å²) in [5, 5.41) is 28.9. The Bertz CT molecular complexity index is 1620. The monoisotopic (exact) mass is 542 g/mol. The van der Waals surface area contributed by atoms with Gasteiger partial charge in [-0.2, -0.15) is 0 Å². The number of carbonyl (C=O) groups is 3. The molecule has 3 aromatic carbocycles. The van der Waals surface area contributed by atoms with E-state index >= 15 is 0 Å². The quantitative estimate of drug-likeness (QED) is 0.204. The van der Waals surface area contributed by atoms with Gasteiger partial charge in [0.25, 0.3) is 5.69 Å². The molecule has 4 aromatic rings. The number of amides is 2. The molecule has 2 amide bonds. The van der Waals surface area contributed by atoms with Crippen LogP contribution in [0.15, 0.2) is 78.3 Å². The summed E-state index contributed by atoms with van der Waals surface area (Å²) in [6.45, 7) is 0.0177. The second-order valence-corrected chi connectivity index (χ2v) is 10.7. The molecule has 0 bridgehead atoms. The number of hydrogen-bond acceptors (Lipinski definition) is 8. The van der Waals surface area contributed by atoms with E-state index in [1.54, 1.807) is 11.6 Å². The van der Waals surface area contributed by atoms with E-state index in [1.165, 1.54) is 40.5 Å². The molecule has 2 saturated heterocycles. The fourth-order valence-corrected chi connectivity index (χ4v) is 6.65. The number of nitrogens with zero attached hydrogens (tertiary/aromatic N) is 3. The van der Waals surface area contributed by atoms with Crippen molar-refractivity contribution in [2.45, 2.75) is 24.5 Å². The number of fused-ring (bicyclic) bond motifs is 2. The van der Waals surface area contributed by atoms with E-state index in [0.29, 0.717) is 10.6 Å². The summed E-state index contributed by atoms with van der Waals surface area (Å²) in [7, 11) is 0.